The Bertz CT molecular complexity index is 344. The van der Waals surface area contributed by atoms with Crippen molar-refractivity contribution in [2.75, 3.05) is 0 Å². The van der Waals surface area contributed by atoms with Crippen LogP contribution in [-0.2, 0) is 12.8 Å². The Balaban J connectivity index is 2.46. The summed E-state index contributed by atoms with van der Waals surface area (Å²) in [6.07, 6.45) is 4.18. The van der Waals surface area contributed by atoms with Gasteiger partial charge in [0.2, 0.25) is 0 Å². The first-order valence-corrected chi connectivity index (χ1v) is 5.25. The summed E-state index contributed by atoms with van der Waals surface area (Å²) in [7, 11) is 0. The van der Waals surface area contributed by atoms with Crippen molar-refractivity contribution < 1.29 is 4.39 Å². The van der Waals surface area contributed by atoms with E-state index in [1.54, 1.807) is 6.07 Å². The number of nitrogens with two attached hydrogens (primary N) is 1. The van der Waals surface area contributed by atoms with E-state index in [0.29, 0.717) is 0 Å². The minimum atomic E-state index is -0.0725. The maximum Gasteiger partial charge on any atom is 0.127 e. The highest BCUT2D eigenvalue weighted by Gasteiger charge is 2.15. The van der Waals surface area contributed by atoms with Gasteiger partial charge in [-0.1, -0.05) is 6.07 Å². The van der Waals surface area contributed by atoms with Crippen molar-refractivity contribution in [2.24, 2.45) is 5.73 Å². The van der Waals surface area contributed by atoms with Gasteiger partial charge in [0.05, 0.1) is 0 Å². The average molecular weight is 193 g/mol. The predicted molar refractivity (Wildman–Crippen MR) is 55.6 cm³/mol. The van der Waals surface area contributed by atoms with Crippen LogP contribution in [0.5, 0.6) is 0 Å². The van der Waals surface area contributed by atoms with Gasteiger partial charge in [0, 0.05) is 6.04 Å². The van der Waals surface area contributed by atoms with Gasteiger partial charge in [0.25, 0.3) is 0 Å². The quantitative estimate of drug-likeness (QED) is 0.729. The standard InChI is InChI=1S/C12H16FN/c1-8(14)10-6-9-4-2-3-5-11(9)12(13)7-10/h6-8H,2-5,14H2,1H3. The second-order valence-corrected chi connectivity index (χ2v) is 4.14. The summed E-state index contributed by atoms with van der Waals surface area (Å²) in [5.74, 6) is -0.0606. The molecule has 0 saturated heterocycles. The lowest BCUT2D eigenvalue weighted by Crippen LogP contribution is -2.11. The van der Waals surface area contributed by atoms with E-state index in [4.69, 9.17) is 5.73 Å². The Kier molecular flexibility index (Phi) is 2.55. The van der Waals surface area contributed by atoms with Crippen molar-refractivity contribution >= 4 is 0 Å². The fourth-order valence-electron chi connectivity index (χ4n) is 2.10. The minimum Gasteiger partial charge on any atom is -0.324 e. The predicted octanol–water partition coefficient (Wildman–Crippen LogP) is 2.72. The molecule has 0 aromatic heterocycles. The Morgan fingerprint density at radius 1 is 1.29 bits per heavy atom. The van der Waals surface area contributed by atoms with Crippen LogP contribution in [0.4, 0.5) is 4.39 Å². The van der Waals surface area contributed by atoms with E-state index in [2.05, 4.69) is 6.07 Å². The second kappa shape index (κ2) is 3.70. The lowest BCUT2D eigenvalue weighted by atomic mass is 9.89. The molecule has 0 spiro atoms. The van der Waals surface area contributed by atoms with Crippen LogP contribution in [0.1, 0.15) is 42.5 Å². The molecule has 1 atom stereocenters. The van der Waals surface area contributed by atoms with E-state index in [1.807, 2.05) is 6.92 Å². The molecule has 0 radical (unpaired) electrons. The minimum absolute atomic E-state index is 0.0606. The van der Waals surface area contributed by atoms with E-state index in [9.17, 15) is 4.39 Å². The van der Waals surface area contributed by atoms with E-state index in [1.165, 1.54) is 12.0 Å². The molecule has 1 aromatic carbocycles. The summed E-state index contributed by atoms with van der Waals surface area (Å²) in [6, 6.07) is 3.59. The highest BCUT2D eigenvalue weighted by molar-refractivity contribution is 5.36. The monoisotopic (exact) mass is 193 g/mol. The summed E-state index contributed by atoms with van der Waals surface area (Å²) in [5.41, 5.74) is 8.76. The van der Waals surface area contributed by atoms with Crippen molar-refractivity contribution in [3.05, 3.63) is 34.6 Å². The first-order valence-electron chi connectivity index (χ1n) is 5.25. The van der Waals surface area contributed by atoms with E-state index >= 15 is 0 Å². The third-order valence-corrected chi connectivity index (χ3v) is 2.96. The van der Waals surface area contributed by atoms with Gasteiger partial charge in [-0.2, -0.15) is 0 Å². The van der Waals surface area contributed by atoms with Crippen LogP contribution in [0.2, 0.25) is 0 Å². The molecule has 76 valence electrons. The SMILES string of the molecule is CC(N)c1cc(F)c2c(c1)CCCC2. The number of rotatable bonds is 1. The Hall–Kier alpha value is -0.890. The fourth-order valence-corrected chi connectivity index (χ4v) is 2.10. The number of hydrogen-bond acceptors (Lipinski definition) is 1. The Labute approximate surface area is 84.1 Å². The summed E-state index contributed by atoms with van der Waals surface area (Å²) >= 11 is 0. The molecule has 0 saturated carbocycles. The molecule has 0 heterocycles. The smallest absolute Gasteiger partial charge is 0.127 e. The van der Waals surface area contributed by atoms with Crippen molar-refractivity contribution in [3.8, 4) is 0 Å². The maximum atomic E-state index is 13.6. The number of hydrogen-bond donors (Lipinski definition) is 1. The molecule has 1 aliphatic rings. The molecule has 0 aliphatic heterocycles. The summed E-state index contributed by atoms with van der Waals surface area (Å²) < 4.78 is 13.6. The molecule has 1 unspecified atom stereocenters. The zero-order valence-corrected chi connectivity index (χ0v) is 8.52. The van der Waals surface area contributed by atoms with Crippen molar-refractivity contribution in [3.63, 3.8) is 0 Å². The number of halogens is 1. The normalized spacial score (nSPS) is 17.6. The van der Waals surface area contributed by atoms with Gasteiger partial charge in [-0.05, 0) is 55.4 Å². The molecule has 0 amide bonds. The molecule has 2 rings (SSSR count). The molecule has 2 heteroatoms. The van der Waals surface area contributed by atoms with Crippen LogP contribution in [-0.4, -0.2) is 0 Å². The zero-order valence-electron chi connectivity index (χ0n) is 8.52. The molecule has 0 bridgehead atoms. The van der Waals surface area contributed by atoms with Crippen LogP contribution in [0, 0.1) is 5.82 Å². The van der Waals surface area contributed by atoms with Crippen molar-refractivity contribution in [2.45, 2.75) is 38.6 Å². The summed E-state index contributed by atoms with van der Waals surface area (Å²) in [4.78, 5) is 0. The molecule has 1 aromatic rings. The van der Waals surface area contributed by atoms with Crippen LogP contribution in [0.15, 0.2) is 12.1 Å². The third kappa shape index (κ3) is 1.67. The third-order valence-electron chi connectivity index (χ3n) is 2.96. The molecule has 14 heavy (non-hydrogen) atoms. The lowest BCUT2D eigenvalue weighted by Gasteiger charge is -2.18. The lowest BCUT2D eigenvalue weighted by molar-refractivity contribution is 0.573. The molecule has 1 nitrogen and oxygen atoms in total. The molecule has 2 N–H and O–H groups in total. The second-order valence-electron chi connectivity index (χ2n) is 4.14. The Morgan fingerprint density at radius 2 is 2.00 bits per heavy atom. The van der Waals surface area contributed by atoms with Crippen molar-refractivity contribution in [1.82, 2.24) is 0 Å². The summed E-state index contributed by atoms with van der Waals surface area (Å²) in [5, 5.41) is 0. The van der Waals surface area contributed by atoms with Gasteiger partial charge in [0.1, 0.15) is 5.82 Å². The van der Waals surface area contributed by atoms with Crippen LogP contribution >= 0.6 is 0 Å². The number of aryl methyl sites for hydroxylation is 1. The van der Waals surface area contributed by atoms with Gasteiger partial charge in [0.15, 0.2) is 0 Å². The summed E-state index contributed by atoms with van der Waals surface area (Å²) in [6.45, 7) is 1.89. The average Bonchev–Trinajstić information content (AvgIpc) is 2.17. The van der Waals surface area contributed by atoms with Gasteiger partial charge in [-0.3, -0.25) is 0 Å². The molecular weight excluding hydrogens is 177 g/mol. The van der Waals surface area contributed by atoms with Crippen LogP contribution < -0.4 is 5.73 Å². The topological polar surface area (TPSA) is 26.0 Å². The van der Waals surface area contributed by atoms with Gasteiger partial charge >= 0.3 is 0 Å². The fraction of sp³-hybridized carbons (Fsp3) is 0.500. The van der Waals surface area contributed by atoms with E-state index < -0.39 is 0 Å². The van der Waals surface area contributed by atoms with E-state index in [-0.39, 0.29) is 11.9 Å². The zero-order chi connectivity index (χ0) is 10.1. The molecule has 0 fully saturated rings. The van der Waals surface area contributed by atoms with Crippen LogP contribution in [0.3, 0.4) is 0 Å². The van der Waals surface area contributed by atoms with E-state index in [0.717, 1.165) is 30.4 Å². The van der Waals surface area contributed by atoms with Gasteiger partial charge < -0.3 is 5.73 Å². The highest BCUT2D eigenvalue weighted by atomic mass is 19.1. The highest BCUT2D eigenvalue weighted by Crippen LogP contribution is 2.26. The van der Waals surface area contributed by atoms with Gasteiger partial charge in [-0.25, -0.2) is 4.39 Å². The first-order chi connectivity index (χ1) is 6.68. The number of fused-ring (bicyclic) bond motifs is 1. The largest absolute Gasteiger partial charge is 0.324 e. The maximum absolute atomic E-state index is 13.6. The molecule has 1 aliphatic carbocycles. The van der Waals surface area contributed by atoms with Crippen LogP contribution in [0.25, 0.3) is 0 Å². The number of benzene rings is 1. The van der Waals surface area contributed by atoms with Gasteiger partial charge in [-0.15, -0.1) is 0 Å². The molecular formula is C12H16FN. The van der Waals surface area contributed by atoms with Crippen molar-refractivity contribution in [1.29, 1.82) is 0 Å². The first kappa shape index (κ1) is 9.66. The Morgan fingerprint density at radius 3 is 2.71 bits per heavy atom.